The number of hydrogen-bond acceptors (Lipinski definition) is 7. The van der Waals surface area contributed by atoms with Gasteiger partial charge in [0.05, 0.1) is 37.4 Å². The van der Waals surface area contributed by atoms with E-state index in [1.807, 2.05) is 24.3 Å². The summed E-state index contributed by atoms with van der Waals surface area (Å²) in [5.74, 6) is 1.27. The Hall–Kier alpha value is -2.75. The Morgan fingerprint density at radius 1 is 1.09 bits per heavy atom. The van der Waals surface area contributed by atoms with Gasteiger partial charge in [0.15, 0.2) is 0 Å². The second-order valence-corrected chi connectivity index (χ2v) is 9.88. The lowest BCUT2D eigenvalue weighted by atomic mass is 10.2. The molecule has 1 saturated heterocycles. The van der Waals surface area contributed by atoms with Crippen LogP contribution in [0.2, 0.25) is 0 Å². The molecule has 1 N–H and O–H groups in total. The van der Waals surface area contributed by atoms with Crippen molar-refractivity contribution < 1.29 is 23.0 Å². The highest BCUT2D eigenvalue weighted by Crippen LogP contribution is 2.31. The van der Waals surface area contributed by atoms with Gasteiger partial charge in [-0.1, -0.05) is 36.9 Å². The van der Waals surface area contributed by atoms with Gasteiger partial charge in [0.2, 0.25) is 10.0 Å². The maximum absolute atomic E-state index is 12.6. The van der Waals surface area contributed by atoms with Crippen molar-refractivity contribution in [2.24, 2.45) is 0 Å². The van der Waals surface area contributed by atoms with Crippen molar-refractivity contribution >= 4 is 21.4 Å². The molecule has 0 radical (unpaired) electrons. The standard InChI is InChI=1S/C24H33N3O5S/c1-4-17-32-24-12-8-6-10-22(24)27(33(3,29)30)19-20(28)18-25-13-15-26(16-14-25)21-9-5-7-11-23(21)31-2/h4-12,20,28H,1,13-19H2,2-3H3. The van der Waals surface area contributed by atoms with Crippen molar-refractivity contribution in [1.82, 2.24) is 4.90 Å². The Morgan fingerprint density at radius 2 is 1.73 bits per heavy atom. The van der Waals surface area contributed by atoms with Crippen molar-refractivity contribution in [2.45, 2.75) is 6.10 Å². The number of methoxy groups -OCH3 is 1. The Bertz CT molecular complexity index is 1020. The first-order valence-corrected chi connectivity index (χ1v) is 12.8. The van der Waals surface area contributed by atoms with Gasteiger partial charge in [-0.25, -0.2) is 8.42 Å². The summed E-state index contributed by atoms with van der Waals surface area (Å²) in [5.41, 5.74) is 1.46. The second kappa shape index (κ2) is 11.4. The number of rotatable bonds is 11. The first-order valence-electron chi connectivity index (χ1n) is 10.9. The predicted octanol–water partition coefficient (Wildman–Crippen LogP) is 2.21. The van der Waals surface area contributed by atoms with Crippen LogP contribution in [0.25, 0.3) is 0 Å². The van der Waals surface area contributed by atoms with Crippen LogP contribution in [-0.2, 0) is 10.0 Å². The molecule has 0 saturated carbocycles. The molecule has 1 aliphatic heterocycles. The van der Waals surface area contributed by atoms with Crippen LogP contribution >= 0.6 is 0 Å². The van der Waals surface area contributed by atoms with Crippen LogP contribution in [0.1, 0.15) is 0 Å². The van der Waals surface area contributed by atoms with Crippen LogP contribution in [0, 0.1) is 0 Å². The quantitative estimate of drug-likeness (QED) is 0.499. The number of aliphatic hydroxyl groups excluding tert-OH is 1. The summed E-state index contributed by atoms with van der Waals surface area (Å²) in [7, 11) is -1.96. The molecule has 1 fully saturated rings. The molecular formula is C24H33N3O5S. The van der Waals surface area contributed by atoms with Crippen LogP contribution in [0.15, 0.2) is 61.2 Å². The molecule has 0 amide bonds. The molecule has 1 unspecified atom stereocenters. The number of benzene rings is 2. The summed E-state index contributed by atoms with van der Waals surface area (Å²) in [6, 6.07) is 14.8. The number of anilines is 2. The molecule has 1 aliphatic rings. The van der Waals surface area contributed by atoms with E-state index in [0.717, 1.165) is 43.9 Å². The lowest BCUT2D eigenvalue weighted by Gasteiger charge is -2.38. The molecule has 3 rings (SSSR count). The highest BCUT2D eigenvalue weighted by molar-refractivity contribution is 7.92. The van der Waals surface area contributed by atoms with Crippen LogP contribution in [0.4, 0.5) is 11.4 Å². The third-order valence-electron chi connectivity index (χ3n) is 5.53. The van der Waals surface area contributed by atoms with Gasteiger partial charge in [0, 0.05) is 32.7 Å². The predicted molar refractivity (Wildman–Crippen MR) is 132 cm³/mol. The van der Waals surface area contributed by atoms with Crippen LogP contribution in [-0.4, -0.2) is 83.8 Å². The van der Waals surface area contributed by atoms with E-state index >= 15 is 0 Å². The monoisotopic (exact) mass is 475 g/mol. The number of hydrogen-bond donors (Lipinski definition) is 1. The van der Waals surface area contributed by atoms with Crippen molar-refractivity contribution in [3.8, 4) is 11.5 Å². The first kappa shape index (κ1) is 24.9. The lowest BCUT2D eigenvalue weighted by molar-refractivity contribution is 0.115. The Morgan fingerprint density at radius 3 is 2.36 bits per heavy atom. The van der Waals surface area contributed by atoms with Gasteiger partial charge >= 0.3 is 0 Å². The average Bonchev–Trinajstić information content (AvgIpc) is 2.81. The number of ether oxygens (including phenoxy) is 2. The molecule has 180 valence electrons. The zero-order valence-electron chi connectivity index (χ0n) is 19.3. The van der Waals surface area contributed by atoms with E-state index in [1.165, 1.54) is 4.31 Å². The number of piperazine rings is 1. The van der Waals surface area contributed by atoms with E-state index in [-0.39, 0.29) is 13.2 Å². The van der Waals surface area contributed by atoms with Crippen LogP contribution in [0.3, 0.4) is 0 Å². The number of sulfonamides is 1. The Kier molecular flexibility index (Phi) is 8.60. The van der Waals surface area contributed by atoms with Crippen molar-refractivity contribution in [3.63, 3.8) is 0 Å². The zero-order chi connectivity index (χ0) is 23.8. The minimum absolute atomic E-state index is 0.0555. The fourth-order valence-corrected chi connectivity index (χ4v) is 4.91. The van der Waals surface area contributed by atoms with Gasteiger partial charge < -0.3 is 19.5 Å². The summed E-state index contributed by atoms with van der Waals surface area (Å²) in [6.45, 7) is 7.31. The van der Waals surface area contributed by atoms with Gasteiger partial charge in [-0.05, 0) is 24.3 Å². The molecule has 0 aromatic heterocycles. The summed E-state index contributed by atoms with van der Waals surface area (Å²) < 4.78 is 37.4. The molecule has 2 aromatic rings. The Labute approximate surface area is 196 Å². The highest BCUT2D eigenvalue weighted by atomic mass is 32.2. The molecule has 0 spiro atoms. The van der Waals surface area contributed by atoms with Crippen LogP contribution < -0.4 is 18.7 Å². The van der Waals surface area contributed by atoms with E-state index in [1.54, 1.807) is 37.5 Å². The SMILES string of the molecule is C=CCOc1ccccc1N(CC(O)CN1CCN(c2ccccc2OC)CC1)S(C)(=O)=O. The minimum atomic E-state index is -3.63. The number of β-amino-alcohol motifs (C(OH)–C–C–N with tert-alkyl or cyclic N) is 1. The summed E-state index contributed by atoms with van der Waals surface area (Å²) in [5, 5.41) is 10.8. The molecule has 8 nitrogen and oxygen atoms in total. The molecule has 0 bridgehead atoms. The maximum Gasteiger partial charge on any atom is 0.232 e. The Balaban J connectivity index is 1.63. The smallest absolute Gasteiger partial charge is 0.232 e. The van der Waals surface area contributed by atoms with Crippen molar-refractivity contribution in [3.05, 3.63) is 61.2 Å². The normalized spacial score (nSPS) is 15.7. The third kappa shape index (κ3) is 6.63. The minimum Gasteiger partial charge on any atom is -0.495 e. The molecule has 0 aliphatic carbocycles. The number of nitrogens with zero attached hydrogens (tertiary/aromatic N) is 3. The number of para-hydroxylation sites is 4. The maximum atomic E-state index is 12.6. The van der Waals surface area contributed by atoms with Gasteiger partial charge in [0.1, 0.15) is 18.1 Å². The second-order valence-electron chi connectivity index (χ2n) is 7.97. The van der Waals surface area contributed by atoms with E-state index in [4.69, 9.17) is 9.47 Å². The molecule has 33 heavy (non-hydrogen) atoms. The molecule has 1 heterocycles. The number of aliphatic hydroxyl groups is 1. The zero-order valence-corrected chi connectivity index (χ0v) is 20.1. The average molecular weight is 476 g/mol. The summed E-state index contributed by atoms with van der Waals surface area (Å²) >= 11 is 0. The van der Waals surface area contributed by atoms with Crippen LogP contribution in [0.5, 0.6) is 11.5 Å². The van der Waals surface area contributed by atoms with Gasteiger partial charge in [-0.3, -0.25) is 9.21 Å². The largest absolute Gasteiger partial charge is 0.495 e. The van der Waals surface area contributed by atoms with E-state index in [2.05, 4.69) is 16.4 Å². The third-order valence-corrected chi connectivity index (χ3v) is 6.68. The molecule has 2 aromatic carbocycles. The topological polar surface area (TPSA) is 82.6 Å². The molecule has 1 atom stereocenters. The van der Waals surface area contributed by atoms with E-state index < -0.39 is 16.1 Å². The summed E-state index contributed by atoms with van der Waals surface area (Å²) in [6.07, 6.45) is 1.88. The van der Waals surface area contributed by atoms with Gasteiger partial charge in [-0.15, -0.1) is 0 Å². The van der Waals surface area contributed by atoms with E-state index in [0.29, 0.717) is 18.0 Å². The fourth-order valence-electron chi connectivity index (χ4n) is 3.96. The van der Waals surface area contributed by atoms with Gasteiger partial charge in [0.25, 0.3) is 0 Å². The summed E-state index contributed by atoms with van der Waals surface area (Å²) in [4.78, 5) is 4.41. The van der Waals surface area contributed by atoms with Crippen molar-refractivity contribution in [2.75, 3.05) is 68.4 Å². The lowest BCUT2D eigenvalue weighted by Crippen LogP contribution is -2.50. The molecular weight excluding hydrogens is 442 g/mol. The fraction of sp³-hybridized carbons (Fsp3) is 0.417. The highest BCUT2D eigenvalue weighted by Gasteiger charge is 2.26. The first-order chi connectivity index (χ1) is 15.8. The molecule has 9 heteroatoms. The van der Waals surface area contributed by atoms with E-state index in [9.17, 15) is 13.5 Å². The van der Waals surface area contributed by atoms with Gasteiger partial charge in [-0.2, -0.15) is 0 Å². The van der Waals surface area contributed by atoms with Crippen molar-refractivity contribution in [1.29, 1.82) is 0 Å².